The smallest absolute Gasteiger partial charge is 0.167 e. The topological polar surface area (TPSA) is 19.4 Å². The second-order valence-electron chi connectivity index (χ2n) is 4.74. The second kappa shape index (κ2) is 5.85. The molecule has 1 fully saturated rings. The molecule has 1 aliphatic heterocycles. The van der Waals surface area contributed by atoms with E-state index in [9.17, 15) is 4.39 Å². The Kier molecular flexibility index (Phi) is 4.40. The lowest BCUT2D eigenvalue weighted by atomic mass is 10.2. The van der Waals surface area contributed by atoms with Crippen LogP contribution < -0.4 is 4.90 Å². The molecular weight excluding hydrogens is 253 g/mol. The summed E-state index contributed by atoms with van der Waals surface area (Å²) >= 11 is 5.71. The molecule has 0 amide bonds. The molecule has 3 nitrogen and oxygen atoms in total. The van der Waals surface area contributed by atoms with Crippen LogP contribution in [-0.2, 0) is 0 Å². The van der Waals surface area contributed by atoms with E-state index in [2.05, 4.69) is 23.7 Å². The lowest BCUT2D eigenvalue weighted by molar-refractivity contribution is 0.192. The SMILES string of the molecule is CCC(C)N1CCN(c2ncc(Cl)cc2F)CC1. The molecular formula is C13H19ClFN3. The highest BCUT2D eigenvalue weighted by Gasteiger charge is 2.22. The molecule has 0 bridgehead atoms. The van der Waals surface area contributed by atoms with Crippen molar-refractivity contribution in [1.29, 1.82) is 0 Å². The van der Waals surface area contributed by atoms with Crippen molar-refractivity contribution >= 4 is 17.4 Å². The van der Waals surface area contributed by atoms with E-state index in [0.29, 0.717) is 16.9 Å². The van der Waals surface area contributed by atoms with Crippen LogP contribution in [0.3, 0.4) is 0 Å². The third kappa shape index (κ3) is 2.93. The summed E-state index contributed by atoms with van der Waals surface area (Å²) < 4.78 is 13.8. The van der Waals surface area contributed by atoms with E-state index in [1.807, 2.05) is 4.90 Å². The standard InChI is InChI=1S/C13H19ClFN3/c1-3-10(2)17-4-6-18(7-5-17)13-12(15)8-11(14)9-16-13/h8-10H,3-7H2,1-2H3. The number of aromatic nitrogens is 1. The highest BCUT2D eigenvalue weighted by molar-refractivity contribution is 6.30. The van der Waals surface area contributed by atoms with Crippen LogP contribution in [0.25, 0.3) is 0 Å². The minimum Gasteiger partial charge on any atom is -0.352 e. The van der Waals surface area contributed by atoms with E-state index in [-0.39, 0.29) is 5.82 Å². The normalized spacial score (nSPS) is 19.0. The molecule has 0 aromatic carbocycles. The van der Waals surface area contributed by atoms with E-state index < -0.39 is 0 Å². The van der Waals surface area contributed by atoms with E-state index in [1.165, 1.54) is 12.3 Å². The summed E-state index contributed by atoms with van der Waals surface area (Å²) in [6, 6.07) is 1.92. The van der Waals surface area contributed by atoms with E-state index in [0.717, 1.165) is 32.6 Å². The molecule has 5 heteroatoms. The molecule has 2 rings (SSSR count). The first-order valence-corrected chi connectivity index (χ1v) is 6.79. The van der Waals surface area contributed by atoms with Gasteiger partial charge in [0, 0.05) is 38.4 Å². The fraction of sp³-hybridized carbons (Fsp3) is 0.615. The van der Waals surface area contributed by atoms with E-state index in [1.54, 1.807) is 0 Å². The Balaban J connectivity index is 2.01. The van der Waals surface area contributed by atoms with Crippen molar-refractivity contribution in [2.24, 2.45) is 0 Å². The van der Waals surface area contributed by atoms with Crippen LogP contribution in [-0.4, -0.2) is 42.1 Å². The summed E-state index contributed by atoms with van der Waals surface area (Å²) in [4.78, 5) is 8.52. The van der Waals surface area contributed by atoms with Crippen LogP contribution >= 0.6 is 11.6 Å². The molecule has 18 heavy (non-hydrogen) atoms. The third-order valence-electron chi connectivity index (χ3n) is 3.62. The zero-order valence-corrected chi connectivity index (χ0v) is 11.6. The van der Waals surface area contributed by atoms with Crippen molar-refractivity contribution in [3.8, 4) is 0 Å². The van der Waals surface area contributed by atoms with E-state index in [4.69, 9.17) is 11.6 Å². The number of anilines is 1. The van der Waals surface area contributed by atoms with Crippen molar-refractivity contribution in [1.82, 2.24) is 9.88 Å². The zero-order chi connectivity index (χ0) is 13.1. The number of nitrogens with zero attached hydrogens (tertiary/aromatic N) is 3. The average Bonchev–Trinajstić information content (AvgIpc) is 2.38. The van der Waals surface area contributed by atoms with Gasteiger partial charge in [0.25, 0.3) is 0 Å². The van der Waals surface area contributed by atoms with Crippen molar-refractivity contribution in [2.45, 2.75) is 26.3 Å². The van der Waals surface area contributed by atoms with Gasteiger partial charge in [-0.05, 0) is 19.4 Å². The number of piperazine rings is 1. The number of halogens is 2. The Morgan fingerprint density at radius 3 is 2.61 bits per heavy atom. The summed E-state index contributed by atoms with van der Waals surface area (Å²) in [6.07, 6.45) is 2.65. The molecule has 100 valence electrons. The molecule has 1 aliphatic rings. The minimum atomic E-state index is -0.334. The van der Waals surface area contributed by atoms with Crippen LogP contribution in [0.2, 0.25) is 5.02 Å². The summed E-state index contributed by atoms with van der Waals surface area (Å²) in [7, 11) is 0. The largest absolute Gasteiger partial charge is 0.352 e. The van der Waals surface area contributed by atoms with Crippen LogP contribution in [0.1, 0.15) is 20.3 Å². The Morgan fingerprint density at radius 2 is 2.06 bits per heavy atom. The lowest BCUT2D eigenvalue weighted by Crippen LogP contribution is -2.49. The maximum Gasteiger partial charge on any atom is 0.167 e. The Morgan fingerprint density at radius 1 is 1.39 bits per heavy atom. The van der Waals surface area contributed by atoms with Gasteiger partial charge in [-0.3, -0.25) is 4.90 Å². The van der Waals surface area contributed by atoms with Gasteiger partial charge in [0.2, 0.25) is 0 Å². The summed E-state index contributed by atoms with van der Waals surface area (Å²) in [5.74, 6) is 0.0858. The van der Waals surface area contributed by atoms with Crippen molar-refractivity contribution in [3.05, 3.63) is 23.1 Å². The fourth-order valence-electron chi connectivity index (χ4n) is 2.27. The van der Waals surface area contributed by atoms with Gasteiger partial charge in [0.05, 0.1) is 5.02 Å². The van der Waals surface area contributed by atoms with Gasteiger partial charge in [0.15, 0.2) is 11.6 Å². The van der Waals surface area contributed by atoms with Gasteiger partial charge < -0.3 is 4.90 Å². The molecule has 0 N–H and O–H groups in total. The van der Waals surface area contributed by atoms with Crippen molar-refractivity contribution in [3.63, 3.8) is 0 Å². The molecule has 0 radical (unpaired) electrons. The van der Waals surface area contributed by atoms with Gasteiger partial charge in [-0.2, -0.15) is 0 Å². The number of hydrogen-bond acceptors (Lipinski definition) is 3. The summed E-state index contributed by atoms with van der Waals surface area (Å²) in [5.41, 5.74) is 0. The molecule has 1 atom stereocenters. The highest BCUT2D eigenvalue weighted by atomic mass is 35.5. The van der Waals surface area contributed by atoms with Crippen molar-refractivity contribution < 1.29 is 4.39 Å². The Labute approximate surface area is 113 Å². The van der Waals surface area contributed by atoms with Crippen molar-refractivity contribution in [2.75, 3.05) is 31.1 Å². The number of hydrogen-bond donors (Lipinski definition) is 0. The number of rotatable bonds is 3. The minimum absolute atomic E-state index is 0.334. The Bertz CT molecular complexity index is 405. The first-order chi connectivity index (χ1) is 8.61. The third-order valence-corrected chi connectivity index (χ3v) is 3.82. The fourth-order valence-corrected chi connectivity index (χ4v) is 2.42. The Hall–Kier alpha value is -0.870. The van der Waals surface area contributed by atoms with Crippen LogP contribution in [0.4, 0.5) is 10.2 Å². The number of pyridine rings is 1. The van der Waals surface area contributed by atoms with Gasteiger partial charge in [-0.25, -0.2) is 9.37 Å². The predicted molar refractivity (Wildman–Crippen MR) is 72.7 cm³/mol. The molecule has 0 spiro atoms. The molecule has 0 saturated carbocycles. The summed E-state index contributed by atoms with van der Waals surface area (Å²) in [6.45, 7) is 7.97. The first-order valence-electron chi connectivity index (χ1n) is 6.42. The van der Waals surface area contributed by atoms with Gasteiger partial charge in [-0.15, -0.1) is 0 Å². The zero-order valence-electron chi connectivity index (χ0n) is 10.9. The molecule has 2 heterocycles. The lowest BCUT2D eigenvalue weighted by Gasteiger charge is -2.38. The highest BCUT2D eigenvalue weighted by Crippen LogP contribution is 2.21. The van der Waals surface area contributed by atoms with Gasteiger partial charge in [-0.1, -0.05) is 18.5 Å². The van der Waals surface area contributed by atoms with Crippen LogP contribution in [0.15, 0.2) is 12.3 Å². The van der Waals surface area contributed by atoms with Gasteiger partial charge >= 0.3 is 0 Å². The van der Waals surface area contributed by atoms with Crippen LogP contribution in [0.5, 0.6) is 0 Å². The quantitative estimate of drug-likeness (QED) is 0.843. The molecule has 1 saturated heterocycles. The molecule has 1 unspecified atom stereocenters. The summed E-state index contributed by atoms with van der Waals surface area (Å²) in [5, 5.41) is 0.342. The maximum absolute atomic E-state index is 13.8. The average molecular weight is 272 g/mol. The maximum atomic E-state index is 13.8. The monoisotopic (exact) mass is 271 g/mol. The second-order valence-corrected chi connectivity index (χ2v) is 5.18. The predicted octanol–water partition coefficient (Wildman–Crippen LogP) is 2.79. The van der Waals surface area contributed by atoms with E-state index >= 15 is 0 Å². The first kappa shape index (κ1) is 13.6. The van der Waals surface area contributed by atoms with Crippen LogP contribution in [0, 0.1) is 5.82 Å². The molecule has 1 aromatic rings. The molecule has 0 aliphatic carbocycles. The van der Waals surface area contributed by atoms with Gasteiger partial charge in [0.1, 0.15) is 0 Å². The molecule has 1 aromatic heterocycles.